The molecule has 23 heavy (non-hydrogen) atoms. The monoisotopic (exact) mass is 321 g/mol. The number of rotatable bonds is 10. The highest BCUT2D eigenvalue weighted by molar-refractivity contribution is 5.72. The normalized spacial score (nSPS) is 12.0. The number of carbonyl (C=O) groups is 1. The van der Waals surface area contributed by atoms with Gasteiger partial charge in [-0.3, -0.25) is 9.69 Å². The van der Waals surface area contributed by atoms with Gasteiger partial charge in [-0.2, -0.15) is 0 Å². The van der Waals surface area contributed by atoms with Gasteiger partial charge >= 0.3 is 5.97 Å². The number of ether oxygens (including phenoxy) is 2. The lowest BCUT2D eigenvalue weighted by molar-refractivity contribution is -0.143. The second kappa shape index (κ2) is 9.68. The first kappa shape index (κ1) is 19.7. The summed E-state index contributed by atoms with van der Waals surface area (Å²) >= 11 is 0. The Morgan fingerprint density at radius 3 is 2.43 bits per heavy atom. The van der Waals surface area contributed by atoms with Crippen LogP contribution in [0.1, 0.15) is 40.2 Å². The molecule has 130 valence electrons. The standard InChI is InChI=1S/C19H31NO3/c1-6-20(19(4,5)15-23-16(2)3)12-13-22-18(21)14-17-10-8-7-9-11-17/h7-11,16H,6,12-15H2,1-5H3. The molecule has 0 N–H and O–H groups in total. The molecule has 0 aromatic heterocycles. The molecule has 4 nitrogen and oxygen atoms in total. The predicted molar refractivity (Wildman–Crippen MR) is 93.5 cm³/mol. The van der Waals surface area contributed by atoms with Crippen molar-refractivity contribution in [2.24, 2.45) is 0 Å². The molecule has 1 aromatic rings. The molecular weight excluding hydrogens is 290 g/mol. The Kier molecular flexibility index (Phi) is 8.28. The van der Waals surface area contributed by atoms with E-state index in [1.54, 1.807) is 0 Å². The molecule has 0 aliphatic rings. The molecule has 0 fully saturated rings. The van der Waals surface area contributed by atoms with Gasteiger partial charge in [0, 0.05) is 12.1 Å². The molecule has 0 atom stereocenters. The van der Waals surface area contributed by atoms with E-state index in [-0.39, 0.29) is 17.6 Å². The van der Waals surface area contributed by atoms with Crippen LogP contribution >= 0.6 is 0 Å². The van der Waals surface area contributed by atoms with Crippen molar-refractivity contribution in [1.82, 2.24) is 4.90 Å². The number of likely N-dealkylation sites (N-methyl/N-ethyl adjacent to an activating group) is 1. The molecule has 1 aromatic carbocycles. The molecule has 0 spiro atoms. The Bertz CT molecular complexity index is 457. The third kappa shape index (κ3) is 7.62. The molecular formula is C19H31NO3. The topological polar surface area (TPSA) is 38.8 Å². The van der Waals surface area contributed by atoms with Gasteiger partial charge in [0.15, 0.2) is 0 Å². The van der Waals surface area contributed by atoms with E-state index in [9.17, 15) is 4.79 Å². The number of benzene rings is 1. The van der Waals surface area contributed by atoms with Crippen LogP contribution in [-0.2, 0) is 20.7 Å². The zero-order chi connectivity index (χ0) is 17.3. The maximum atomic E-state index is 11.9. The van der Waals surface area contributed by atoms with Crippen molar-refractivity contribution in [2.75, 3.05) is 26.3 Å². The minimum atomic E-state index is -0.177. The Morgan fingerprint density at radius 2 is 1.87 bits per heavy atom. The van der Waals surface area contributed by atoms with Crippen molar-refractivity contribution in [2.45, 2.75) is 52.7 Å². The van der Waals surface area contributed by atoms with Gasteiger partial charge in [0.25, 0.3) is 0 Å². The van der Waals surface area contributed by atoms with Gasteiger partial charge in [0.2, 0.25) is 0 Å². The lowest BCUT2D eigenvalue weighted by atomic mass is 10.0. The highest BCUT2D eigenvalue weighted by Gasteiger charge is 2.26. The summed E-state index contributed by atoms with van der Waals surface area (Å²) in [6.45, 7) is 13.2. The summed E-state index contributed by atoms with van der Waals surface area (Å²) in [5.74, 6) is -0.177. The number of esters is 1. The van der Waals surface area contributed by atoms with E-state index in [4.69, 9.17) is 9.47 Å². The quantitative estimate of drug-likeness (QED) is 0.620. The number of hydrogen-bond donors (Lipinski definition) is 0. The smallest absolute Gasteiger partial charge is 0.310 e. The average molecular weight is 321 g/mol. The first-order chi connectivity index (χ1) is 10.8. The molecule has 0 amide bonds. The molecule has 0 saturated heterocycles. The molecule has 1 rings (SSSR count). The van der Waals surface area contributed by atoms with E-state index in [0.29, 0.717) is 26.2 Å². The minimum Gasteiger partial charge on any atom is -0.464 e. The molecule has 0 aliphatic carbocycles. The first-order valence-electron chi connectivity index (χ1n) is 8.41. The molecule has 0 radical (unpaired) electrons. The van der Waals surface area contributed by atoms with Crippen LogP contribution in [0, 0.1) is 0 Å². The van der Waals surface area contributed by atoms with Gasteiger partial charge in [0.05, 0.1) is 19.1 Å². The summed E-state index contributed by atoms with van der Waals surface area (Å²) in [5, 5.41) is 0. The fourth-order valence-electron chi connectivity index (χ4n) is 2.43. The average Bonchev–Trinajstić information content (AvgIpc) is 2.50. The van der Waals surface area contributed by atoms with E-state index in [1.165, 1.54) is 0 Å². The maximum Gasteiger partial charge on any atom is 0.310 e. The highest BCUT2D eigenvalue weighted by atomic mass is 16.5. The van der Waals surface area contributed by atoms with Gasteiger partial charge in [-0.25, -0.2) is 0 Å². The molecule has 0 aliphatic heterocycles. The van der Waals surface area contributed by atoms with Crippen LogP contribution in [0.3, 0.4) is 0 Å². The number of nitrogens with zero attached hydrogens (tertiary/aromatic N) is 1. The number of carbonyl (C=O) groups excluding carboxylic acids is 1. The van der Waals surface area contributed by atoms with Crippen molar-refractivity contribution in [3.05, 3.63) is 35.9 Å². The molecule has 0 unspecified atom stereocenters. The maximum absolute atomic E-state index is 11.9. The van der Waals surface area contributed by atoms with Crippen molar-refractivity contribution < 1.29 is 14.3 Å². The van der Waals surface area contributed by atoms with Crippen LogP contribution in [0.2, 0.25) is 0 Å². The highest BCUT2D eigenvalue weighted by Crippen LogP contribution is 2.15. The number of hydrogen-bond acceptors (Lipinski definition) is 4. The fourth-order valence-corrected chi connectivity index (χ4v) is 2.43. The van der Waals surface area contributed by atoms with E-state index in [2.05, 4.69) is 25.7 Å². The Hall–Kier alpha value is -1.39. The second-order valence-electron chi connectivity index (χ2n) is 6.63. The summed E-state index contributed by atoms with van der Waals surface area (Å²) in [5.41, 5.74) is 0.903. The van der Waals surface area contributed by atoms with Gasteiger partial charge in [-0.15, -0.1) is 0 Å². The third-order valence-corrected chi connectivity index (χ3v) is 3.82. The van der Waals surface area contributed by atoms with Crippen LogP contribution in [0.15, 0.2) is 30.3 Å². The lowest BCUT2D eigenvalue weighted by Crippen LogP contribution is -2.49. The van der Waals surface area contributed by atoms with Crippen molar-refractivity contribution in [1.29, 1.82) is 0 Å². The summed E-state index contributed by atoms with van der Waals surface area (Å²) in [6, 6.07) is 9.67. The van der Waals surface area contributed by atoms with E-state index in [1.807, 2.05) is 44.2 Å². The molecule has 4 heteroatoms. The van der Waals surface area contributed by atoms with Gasteiger partial charge in [-0.05, 0) is 39.8 Å². The zero-order valence-electron chi connectivity index (χ0n) is 15.2. The fraction of sp³-hybridized carbons (Fsp3) is 0.632. The Morgan fingerprint density at radius 1 is 1.22 bits per heavy atom. The van der Waals surface area contributed by atoms with E-state index < -0.39 is 0 Å². The Labute approximate surface area is 140 Å². The van der Waals surface area contributed by atoms with Crippen molar-refractivity contribution >= 4 is 5.97 Å². The van der Waals surface area contributed by atoms with Crippen LogP contribution in [0.4, 0.5) is 0 Å². The first-order valence-corrected chi connectivity index (χ1v) is 8.41. The second-order valence-corrected chi connectivity index (χ2v) is 6.63. The summed E-state index contributed by atoms with van der Waals surface area (Å²) in [6.07, 6.45) is 0.545. The van der Waals surface area contributed by atoms with Gasteiger partial charge in [0.1, 0.15) is 6.61 Å². The van der Waals surface area contributed by atoms with Crippen LogP contribution < -0.4 is 0 Å². The van der Waals surface area contributed by atoms with E-state index >= 15 is 0 Å². The largest absolute Gasteiger partial charge is 0.464 e. The SMILES string of the molecule is CCN(CCOC(=O)Cc1ccccc1)C(C)(C)COC(C)C. The minimum absolute atomic E-state index is 0.0785. The van der Waals surface area contributed by atoms with Gasteiger partial charge < -0.3 is 9.47 Å². The summed E-state index contributed by atoms with van der Waals surface area (Å²) in [4.78, 5) is 14.2. The molecule has 0 bridgehead atoms. The Balaban J connectivity index is 2.37. The van der Waals surface area contributed by atoms with E-state index in [0.717, 1.165) is 12.1 Å². The van der Waals surface area contributed by atoms with Crippen LogP contribution in [0.25, 0.3) is 0 Å². The van der Waals surface area contributed by atoms with Crippen LogP contribution in [0.5, 0.6) is 0 Å². The lowest BCUT2D eigenvalue weighted by Gasteiger charge is -2.38. The van der Waals surface area contributed by atoms with Crippen molar-refractivity contribution in [3.8, 4) is 0 Å². The van der Waals surface area contributed by atoms with Crippen molar-refractivity contribution in [3.63, 3.8) is 0 Å². The molecule has 0 heterocycles. The van der Waals surface area contributed by atoms with Gasteiger partial charge in [-0.1, -0.05) is 37.3 Å². The summed E-state index contributed by atoms with van der Waals surface area (Å²) < 4.78 is 11.1. The summed E-state index contributed by atoms with van der Waals surface area (Å²) in [7, 11) is 0. The predicted octanol–water partition coefficient (Wildman–Crippen LogP) is 3.30. The van der Waals surface area contributed by atoms with Crippen LogP contribution in [-0.4, -0.2) is 48.8 Å². The molecule has 0 saturated carbocycles. The zero-order valence-corrected chi connectivity index (χ0v) is 15.2. The third-order valence-electron chi connectivity index (χ3n) is 3.82.